The zero-order valence-corrected chi connectivity index (χ0v) is 23.9. The van der Waals surface area contributed by atoms with Crippen molar-refractivity contribution in [3.05, 3.63) is 40.7 Å². The summed E-state index contributed by atoms with van der Waals surface area (Å²) in [7, 11) is 3.70. The normalized spacial score (nSPS) is 17.4. The van der Waals surface area contributed by atoms with E-state index < -0.39 is 6.10 Å². The lowest BCUT2D eigenvalue weighted by Crippen LogP contribution is -2.58. The fourth-order valence-corrected chi connectivity index (χ4v) is 6.91. The number of hydrogen-bond acceptors (Lipinski definition) is 10. The van der Waals surface area contributed by atoms with Gasteiger partial charge in [0, 0.05) is 32.7 Å². The number of likely N-dealkylation sites (N-methyl/N-ethyl adjacent to an activating group) is 1. The number of nitriles is 1. The third-order valence-electron chi connectivity index (χ3n) is 7.43. The fourth-order valence-electron chi connectivity index (χ4n) is 5.11. The van der Waals surface area contributed by atoms with Crippen LogP contribution in [0.5, 0.6) is 0 Å². The summed E-state index contributed by atoms with van der Waals surface area (Å²) in [5, 5.41) is 25.7. The number of nitrogens with zero attached hydrogens (tertiary/aromatic N) is 9. The lowest BCUT2D eigenvalue weighted by Gasteiger charge is -2.39. The number of imidazole rings is 1. The number of benzene rings is 1. The van der Waals surface area contributed by atoms with Crippen molar-refractivity contribution in [2.45, 2.75) is 31.9 Å². The second-order valence-electron chi connectivity index (χ2n) is 10.0. The monoisotopic (exact) mass is 581 g/mol. The number of halogens is 1. The number of aromatic nitrogens is 4. The van der Waals surface area contributed by atoms with E-state index in [4.69, 9.17) is 15.1 Å². The van der Waals surface area contributed by atoms with Crippen LogP contribution in [0.25, 0.3) is 16.2 Å². The van der Waals surface area contributed by atoms with Gasteiger partial charge in [-0.05, 0) is 37.1 Å². The van der Waals surface area contributed by atoms with E-state index in [-0.39, 0.29) is 17.9 Å². The number of thiazole rings is 1. The number of likely N-dealkylation sites (tertiary alicyclic amines) is 1. The Morgan fingerprint density at radius 1 is 1.20 bits per heavy atom. The van der Waals surface area contributed by atoms with Gasteiger partial charge in [0.25, 0.3) is 0 Å². The first-order valence-electron chi connectivity index (χ1n) is 13.0. The molecule has 2 aliphatic heterocycles. The van der Waals surface area contributed by atoms with E-state index in [0.29, 0.717) is 47.3 Å². The van der Waals surface area contributed by atoms with Gasteiger partial charge >= 0.3 is 6.03 Å². The lowest BCUT2D eigenvalue weighted by molar-refractivity contribution is 0.0144. The highest BCUT2D eigenvalue weighted by Crippen LogP contribution is 2.38. The number of aliphatic hydroxyl groups is 1. The highest BCUT2D eigenvalue weighted by molar-refractivity contribution is 7.20. The number of anilines is 3. The Morgan fingerprint density at radius 3 is 2.62 bits per heavy atom. The van der Waals surface area contributed by atoms with Gasteiger partial charge < -0.3 is 24.7 Å². The molecule has 0 radical (unpaired) electrons. The van der Waals surface area contributed by atoms with Gasteiger partial charge in [-0.15, -0.1) is 5.10 Å². The Hall–Kier alpha value is -3.80. The predicted molar refractivity (Wildman–Crippen MR) is 152 cm³/mol. The second-order valence-corrected chi connectivity index (χ2v) is 11.9. The molecule has 2 saturated heterocycles. The van der Waals surface area contributed by atoms with Crippen LogP contribution in [0.1, 0.15) is 23.9 Å². The molecule has 14 heteroatoms. The van der Waals surface area contributed by atoms with Gasteiger partial charge in [0.2, 0.25) is 10.1 Å². The number of aliphatic hydroxyl groups excluding tert-OH is 1. The number of rotatable bonds is 6. The van der Waals surface area contributed by atoms with Crippen molar-refractivity contribution in [1.29, 1.82) is 5.26 Å². The number of hydrogen-bond donors (Lipinski definition) is 1. The van der Waals surface area contributed by atoms with E-state index in [1.807, 2.05) is 30.4 Å². The molecule has 40 heavy (non-hydrogen) atoms. The summed E-state index contributed by atoms with van der Waals surface area (Å²) in [5.74, 6) is 0.435. The van der Waals surface area contributed by atoms with Gasteiger partial charge in [-0.1, -0.05) is 29.6 Å². The Kier molecular flexibility index (Phi) is 6.81. The van der Waals surface area contributed by atoms with E-state index in [1.54, 1.807) is 21.9 Å². The van der Waals surface area contributed by atoms with Gasteiger partial charge in [-0.2, -0.15) is 9.78 Å². The molecule has 2 fully saturated rings. The standard InChI is InChI=1S/C26H28FN9O2S2/c1-4-19-22(33(3)23-30-21(20(11-28)39-23)15-5-7-16(27)8-6-15)36-24(29-19)40-25(31-36)34-10-9-17(12-34)32(2)26(38)35-13-18(37)14-35/h5-8,17-18,37H,4,9-10,12-14H2,1-3H3/t17-/m0/s1. The van der Waals surface area contributed by atoms with Crippen molar-refractivity contribution >= 4 is 49.7 Å². The minimum atomic E-state index is -0.422. The number of β-amino-alcohol motifs (C(OH)–C–C–N with tert-alkyl or cyclic N) is 1. The van der Waals surface area contributed by atoms with E-state index >= 15 is 0 Å². The number of fused-ring (bicyclic) bond motifs is 1. The molecule has 208 valence electrons. The molecule has 1 N–H and O–H groups in total. The summed E-state index contributed by atoms with van der Waals surface area (Å²) in [4.78, 5) is 31.0. The summed E-state index contributed by atoms with van der Waals surface area (Å²) >= 11 is 2.77. The topological polar surface area (TPSA) is 117 Å². The number of carbonyl (C=O) groups excluding carboxylic acids is 1. The minimum Gasteiger partial charge on any atom is -0.389 e. The lowest BCUT2D eigenvalue weighted by atomic mass is 10.1. The second kappa shape index (κ2) is 10.3. The third-order valence-corrected chi connectivity index (χ3v) is 9.44. The van der Waals surface area contributed by atoms with Gasteiger partial charge in [-0.25, -0.2) is 19.2 Å². The van der Waals surface area contributed by atoms with Gasteiger partial charge in [-0.3, -0.25) is 0 Å². The maximum absolute atomic E-state index is 13.5. The van der Waals surface area contributed by atoms with Crippen molar-refractivity contribution in [2.75, 3.05) is 50.1 Å². The van der Waals surface area contributed by atoms with Crippen molar-refractivity contribution in [3.63, 3.8) is 0 Å². The molecular weight excluding hydrogens is 553 g/mol. The number of urea groups is 1. The first-order chi connectivity index (χ1) is 19.3. The van der Waals surface area contributed by atoms with E-state index in [2.05, 4.69) is 11.0 Å². The third kappa shape index (κ3) is 4.53. The summed E-state index contributed by atoms with van der Waals surface area (Å²) in [6.07, 6.45) is 1.10. The highest BCUT2D eigenvalue weighted by Gasteiger charge is 2.36. The van der Waals surface area contributed by atoms with Gasteiger partial charge in [0.15, 0.2) is 10.9 Å². The van der Waals surface area contributed by atoms with Crippen LogP contribution in [-0.2, 0) is 6.42 Å². The van der Waals surface area contributed by atoms with Gasteiger partial charge in [0.05, 0.1) is 30.9 Å². The van der Waals surface area contributed by atoms with Crippen molar-refractivity contribution in [1.82, 2.24) is 29.4 Å². The Balaban J connectivity index is 1.26. The average molecular weight is 582 g/mol. The Bertz CT molecular complexity index is 1600. The van der Waals surface area contributed by atoms with Crippen LogP contribution in [-0.4, -0.2) is 92.9 Å². The molecule has 0 aliphatic carbocycles. The summed E-state index contributed by atoms with van der Waals surface area (Å²) in [6.45, 7) is 4.25. The number of aryl methyl sites for hydroxylation is 1. The molecule has 0 saturated carbocycles. The molecule has 0 bridgehead atoms. The van der Waals surface area contributed by atoms with E-state index in [9.17, 15) is 19.6 Å². The van der Waals surface area contributed by atoms with Crippen LogP contribution in [0.4, 0.5) is 25.3 Å². The molecule has 4 aromatic rings. The van der Waals surface area contributed by atoms with Crippen LogP contribution < -0.4 is 9.80 Å². The first-order valence-corrected chi connectivity index (χ1v) is 14.6. The zero-order chi connectivity index (χ0) is 28.1. The Morgan fingerprint density at radius 2 is 1.95 bits per heavy atom. The zero-order valence-electron chi connectivity index (χ0n) is 22.3. The predicted octanol–water partition coefficient (Wildman–Crippen LogP) is 3.56. The summed E-state index contributed by atoms with van der Waals surface area (Å²) in [6, 6.07) is 8.19. The number of carbonyl (C=O) groups is 1. The van der Waals surface area contributed by atoms with Crippen LogP contribution >= 0.6 is 22.7 Å². The maximum atomic E-state index is 13.5. The molecule has 1 atom stereocenters. The van der Waals surface area contributed by atoms with E-state index in [0.717, 1.165) is 34.6 Å². The summed E-state index contributed by atoms with van der Waals surface area (Å²) in [5.41, 5.74) is 2.06. The molecule has 3 aromatic heterocycles. The maximum Gasteiger partial charge on any atom is 0.320 e. The molecule has 1 aromatic carbocycles. The largest absolute Gasteiger partial charge is 0.389 e. The molecule has 11 nitrogen and oxygen atoms in total. The molecular formula is C26H28FN9O2S2. The molecule has 6 rings (SSSR count). The van der Waals surface area contributed by atoms with E-state index in [1.165, 1.54) is 34.8 Å². The smallest absolute Gasteiger partial charge is 0.320 e. The van der Waals surface area contributed by atoms with Crippen molar-refractivity contribution in [2.24, 2.45) is 0 Å². The SMILES string of the molecule is CCc1nc2sc(N3CC[C@H](N(C)C(=O)N4CC(O)C4)C3)nn2c1N(C)c1nc(-c2ccc(F)cc2)c(C#N)s1. The van der Waals surface area contributed by atoms with Crippen molar-refractivity contribution < 1.29 is 14.3 Å². The fraction of sp³-hybridized carbons (Fsp3) is 0.423. The van der Waals surface area contributed by atoms with Crippen LogP contribution in [0.3, 0.4) is 0 Å². The quantitative estimate of drug-likeness (QED) is 0.367. The van der Waals surface area contributed by atoms with Crippen LogP contribution in [0.15, 0.2) is 24.3 Å². The Labute approximate surface area is 238 Å². The average Bonchev–Trinajstić information content (AvgIpc) is 3.72. The van der Waals surface area contributed by atoms with Gasteiger partial charge in [0.1, 0.15) is 22.5 Å². The van der Waals surface area contributed by atoms with Crippen LogP contribution in [0.2, 0.25) is 0 Å². The van der Waals surface area contributed by atoms with Crippen molar-refractivity contribution in [3.8, 4) is 17.3 Å². The molecule has 2 amide bonds. The minimum absolute atomic E-state index is 0.0530. The first kappa shape index (κ1) is 26.4. The molecule has 5 heterocycles. The molecule has 2 aliphatic rings. The molecule has 0 spiro atoms. The van der Waals surface area contributed by atoms with Crippen LogP contribution in [0, 0.1) is 17.1 Å². The summed E-state index contributed by atoms with van der Waals surface area (Å²) < 4.78 is 15.3. The highest BCUT2D eigenvalue weighted by atomic mass is 32.1. The number of amides is 2. The molecule has 0 unspecified atom stereocenters.